The smallest absolute Gasteiger partial charge is 0.227 e. The summed E-state index contributed by atoms with van der Waals surface area (Å²) in [4.78, 5) is 6.49. The molecule has 6 heteroatoms. The second-order valence-corrected chi connectivity index (χ2v) is 8.11. The summed E-state index contributed by atoms with van der Waals surface area (Å²) < 4.78 is 11.6. The Balaban J connectivity index is 1.36. The number of nitrogens with zero attached hydrogens (tertiary/aromatic N) is 2. The van der Waals surface area contributed by atoms with Gasteiger partial charge in [-0.05, 0) is 43.1 Å². The zero-order chi connectivity index (χ0) is 21.2. The number of ether oxygens (including phenoxy) is 1. The Morgan fingerprint density at radius 2 is 1.93 bits per heavy atom. The highest BCUT2D eigenvalue weighted by molar-refractivity contribution is 9.09. The van der Waals surface area contributed by atoms with Crippen molar-refractivity contribution in [2.75, 3.05) is 32.1 Å². The number of aryl methyl sites for hydroxylation is 1. The van der Waals surface area contributed by atoms with E-state index in [4.69, 9.17) is 9.15 Å². The molecule has 30 heavy (non-hydrogen) atoms. The molecule has 5 nitrogen and oxygen atoms in total. The van der Waals surface area contributed by atoms with Gasteiger partial charge in [0.2, 0.25) is 5.89 Å². The van der Waals surface area contributed by atoms with Gasteiger partial charge in [-0.2, -0.15) is 0 Å². The molecule has 1 N–H and O–H groups in total. The maximum atomic E-state index is 10.4. The minimum absolute atomic E-state index is 0.342. The molecular weight excluding hydrogens is 444 g/mol. The zero-order valence-corrected chi connectivity index (χ0v) is 18.9. The van der Waals surface area contributed by atoms with Crippen LogP contribution in [-0.4, -0.2) is 47.1 Å². The molecule has 0 aliphatic rings. The lowest BCUT2D eigenvalue weighted by atomic mass is 10.1. The summed E-state index contributed by atoms with van der Waals surface area (Å²) in [5.74, 6) is 2.06. The van der Waals surface area contributed by atoms with Crippen LogP contribution in [0.4, 0.5) is 0 Å². The van der Waals surface area contributed by atoms with Crippen LogP contribution in [-0.2, 0) is 12.8 Å². The monoisotopic (exact) mass is 472 g/mol. The summed E-state index contributed by atoms with van der Waals surface area (Å²) in [6.07, 6.45) is 3.58. The fourth-order valence-corrected chi connectivity index (χ4v) is 3.64. The van der Waals surface area contributed by atoms with E-state index in [1.807, 2.05) is 42.5 Å². The molecule has 0 bridgehead atoms. The fraction of sp³-hybridized carbons (Fsp3) is 0.375. The maximum absolute atomic E-state index is 10.4. The summed E-state index contributed by atoms with van der Waals surface area (Å²) in [5, 5.41) is 11.3. The van der Waals surface area contributed by atoms with Crippen molar-refractivity contribution in [3.05, 3.63) is 83.6 Å². The highest BCUT2D eigenvalue weighted by Gasteiger charge is 2.16. The van der Waals surface area contributed by atoms with Crippen LogP contribution in [0.5, 0.6) is 5.75 Å². The number of hydrogen-bond acceptors (Lipinski definition) is 5. The van der Waals surface area contributed by atoms with Gasteiger partial charge >= 0.3 is 0 Å². The van der Waals surface area contributed by atoms with Gasteiger partial charge < -0.3 is 19.2 Å². The molecule has 0 fully saturated rings. The van der Waals surface area contributed by atoms with E-state index in [0.717, 1.165) is 54.8 Å². The molecule has 2 aromatic carbocycles. The largest absolute Gasteiger partial charge is 0.494 e. The predicted molar refractivity (Wildman–Crippen MR) is 122 cm³/mol. The first-order valence-electron chi connectivity index (χ1n) is 10.3. The van der Waals surface area contributed by atoms with Gasteiger partial charge in [-0.1, -0.05) is 58.4 Å². The number of aliphatic hydroxyl groups excluding tert-OH is 1. The fourth-order valence-electron chi connectivity index (χ4n) is 3.18. The minimum atomic E-state index is -0.831. The van der Waals surface area contributed by atoms with Gasteiger partial charge in [-0.3, -0.25) is 0 Å². The Kier molecular flexibility index (Phi) is 8.93. The molecular formula is C24H29BrN2O3. The molecule has 0 radical (unpaired) electrons. The topological polar surface area (TPSA) is 58.7 Å². The van der Waals surface area contributed by atoms with E-state index in [1.54, 1.807) is 6.20 Å². The number of likely N-dealkylation sites (N-methyl/N-ethyl adjacent to an activating group) is 1. The number of oxazole rings is 1. The third-order valence-corrected chi connectivity index (χ3v) is 5.29. The first kappa shape index (κ1) is 22.5. The normalized spacial score (nSPS) is 12.3. The predicted octanol–water partition coefficient (Wildman–Crippen LogP) is 4.64. The average Bonchev–Trinajstić information content (AvgIpc) is 3.25. The molecule has 0 saturated heterocycles. The Morgan fingerprint density at radius 1 is 1.10 bits per heavy atom. The number of benzene rings is 2. The van der Waals surface area contributed by atoms with Crippen LogP contribution in [0.15, 0.2) is 65.2 Å². The molecule has 0 saturated carbocycles. The summed E-state index contributed by atoms with van der Waals surface area (Å²) in [7, 11) is 2.09. The van der Waals surface area contributed by atoms with Crippen LogP contribution in [0.2, 0.25) is 0 Å². The van der Waals surface area contributed by atoms with Gasteiger partial charge in [-0.25, -0.2) is 4.98 Å². The molecule has 3 rings (SSSR count). The zero-order valence-electron chi connectivity index (χ0n) is 17.3. The number of halogens is 1. The van der Waals surface area contributed by atoms with E-state index in [2.05, 4.69) is 45.0 Å². The molecule has 1 atom stereocenters. The Hall–Kier alpha value is -2.15. The molecule has 1 heterocycles. The van der Waals surface area contributed by atoms with Crippen molar-refractivity contribution < 1.29 is 14.3 Å². The first-order chi connectivity index (χ1) is 14.7. The standard InChI is InChI=1S/C24H29BrN2O3/c1-27(14-6-16-29-21-10-5-7-19(17-21)11-13-25)15-12-22-18-26-24(30-22)23(28)20-8-3-2-4-9-20/h2-5,7-10,17-18,23,28H,6,11-16H2,1H3. The number of rotatable bonds is 12. The van der Waals surface area contributed by atoms with Crippen LogP contribution >= 0.6 is 15.9 Å². The van der Waals surface area contributed by atoms with Crippen LogP contribution in [0.1, 0.15) is 35.3 Å². The van der Waals surface area contributed by atoms with Gasteiger partial charge in [0.1, 0.15) is 11.5 Å². The molecule has 1 unspecified atom stereocenters. The SMILES string of the molecule is CN(CCCOc1cccc(CCBr)c1)CCc1cnc(C(O)c2ccccc2)o1. The number of hydrogen-bond donors (Lipinski definition) is 1. The number of aromatic nitrogens is 1. The van der Waals surface area contributed by atoms with Crippen LogP contribution in [0, 0.1) is 0 Å². The van der Waals surface area contributed by atoms with E-state index in [0.29, 0.717) is 12.5 Å². The van der Waals surface area contributed by atoms with E-state index in [1.165, 1.54) is 5.56 Å². The molecule has 0 spiro atoms. The second kappa shape index (κ2) is 11.9. The summed E-state index contributed by atoms with van der Waals surface area (Å²) >= 11 is 3.47. The highest BCUT2D eigenvalue weighted by Crippen LogP contribution is 2.21. The van der Waals surface area contributed by atoms with Crippen LogP contribution < -0.4 is 4.74 Å². The van der Waals surface area contributed by atoms with E-state index in [9.17, 15) is 5.11 Å². The quantitative estimate of drug-likeness (QED) is 0.307. The Labute approximate surface area is 186 Å². The number of alkyl halides is 1. The van der Waals surface area contributed by atoms with Gasteiger partial charge in [-0.15, -0.1) is 0 Å². The van der Waals surface area contributed by atoms with Crippen molar-refractivity contribution in [2.24, 2.45) is 0 Å². The maximum Gasteiger partial charge on any atom is 0.227 e. The lowest BCUT2D eigenvalue weighted by molar-refractivity contribution is 0.179. The van der Waals surface area contributed by atoms with E-state index >= 15 is 0 Å². The Morgan fingerprint density at radius 3 is 2.73 bits per heavy atom. The van der Waals surface area contributed by atoms with Gasteiger partial charge in [0.15, 0.2) is 6.10 Å². The highest BCUT2D eigenvalue weighted by atomic mass is 79.9. The summed E-state index contributed by atoms with van der Waals surface area (Å²) in [5.41, 5.74) is 2.06. The van der Waals surface area contributed by atoms with Gasteiger partial charge in [0, 0.05) is 24.8 Å². The van der Waals surface area contributed by atoms with Crippen LogP contribution in [0.25, 0.3) is 0 Å². The van der Waals surface area contributed by atoms with Crippen molar-refractivity contribution in [1.82, 2.24) is 9.88 Å². The molecule has 0 amide bonds. The van der Waals surface area contributed by atoms with Crippen molar-refractivity contribution in [3.63, 3.8) is 0 Å². The van der Waals surface area contributed by atoms with Crippen molar-refractivity contribution in [2.45, 2.75) is 25.4 Å². The molecule has 1 aromatic heterocycles. The molecule has 160 valence electrons. The van der Waals surface area contributed by atoms with E-state index in [-0.39, 0.29) is 0 Å². The van der Waals surface area contributed by atoms with E-state index < -0.39 is 6.10 Å². The minimum Gasteiger partial charge on any atom is -0.494 e. The lowest BCUT2D eigenvalue weighted by Gasteiger charge is -2.16. The van der Waals surface area contributed by atoms with Crippen molar-refractivity contribution >= 4 is 15.9 Å². The second-order valence-electron chi connectivity index (χ2n) is 7.32. The first-order valence-corrected chi connectivity index (χ1v) is 11.4. The van der Waals surface area contributed by atoms with Gasteiger partial charge in [0.05, 0.1) is 12.8 Å². The molecule has 3 aromatic rings. The number of aliphatic hydroxyl groups is 1. The lowest BCUT2D eigenvalue weighted by Crippen LogP contribution is -2.23. The Bertz CT molecular complexity index is 885. The third-order valence-electron chi connectivity index (χ3n) is 4.90. The van der Waals surface area contributed by atoms with Crippen molar-refractivity contribution in [3.8, 4) is 5.75 Å². The summed E-state index contributed by atoms with van der Waals surface area (Å²) in [6, 6.07) is 17.7. The average molecular weight is 473 g/mol. The molecule has 0 aliphatic heterocycles. The van der Waals surface area contributed by atoms with Crippen LogP contribution in [0.3, 0.4) is 0 Å². The summed E-state index contributed by atoms with van der Waals surface area (Å²) in [6.45, 7) is 2.49. The van der Waals surface area contributed by atoms with Gasteiger partial charge in [0.25, 0.3) is 0 Å². The molecule has 0 aliphatic carbocycles. The van der Waals surface area contributed by atoms with Crippen molar-refractivity contribution in [1.29, 1.82) is 0 Å². The third kappa shape index (κ3) is 6.97.